The molecule has 0 fully saturated rings. The zero-order valence-electron chi connectivity index (χ0n) is 14.9. The molecule has 7 nitrogen and oxygen atoms in total. The third kappa shape index (κ3) is 4.88. The average Bonchev–Trinajstić information content (AvgIpc) is 2.73. The summed E-state index contributed by atoms with van der Waals surface area (Å²) in [6, 6.07) is 6.70. The van der Waals surface area contributed by atoms with Crippen LogP contribution in [0.4, 0.5) is 35.0 Å². The number of aromatic nitrogens is 3. The minimum Gasteiger partial charge on any atom is -0.396 e. The number of aliphatic hydroxyl groups excluding tert-OH is 1. The number of anilines is 3. The number of halogens is 4. The molecule has 0 amide bonds. The van der Waals surface area contributed by atoms with Crippen molar-refractivity contribution in [3.63, 3.8) is 0 Å². The van der Waals surface area contributed by atoms with Gasteiger partial charge in [-0.05, 0) is 18.6 Å². The van der Waals surface area contributed by atoms with Crippen molar-refractivity contribution in [2.75, 3.05) is 29.3 Å². The van der Waals surface area contributed by atoms with E-state index in [1.54, 1.807) is 24.4 Å². The molecule has 0 saturated heterocycles. The molecule has 3 aromatic rings. The number of nitrogens with one attached hydrogen (secondary N) is 3. The summed E-state index contributed by atoms with van der Waals surface area (Å²) >= 11 is 0. The summed E-state index contributed by atoms with van der Waals surface area (Å²) in [6.45, 7) is 0.330. The monoisotopic (exact) mass is 408 g/mol. The van der Waals surface area contributed by atoms with Crippen molar-refractivity contribution in [3.8, 4) is 11.4 Å². The van der Waals surface area contributed by atoms with Crippen molar-refractivity contribution < 1.29 is 22.7 Å². The molecule has 2 heterocycles. The van der Waals surface area contributed by atoms with Gasteiger partial charge in [0.1, 0.15) is 5.69 Å². The van der Waals surface area contributed by atoms with E-state index in [0.717, 1.165) is 0 Å². The molecule has 0 unspecified atom stereocenters. The first-order chi connectivity index (χ1) is 14.0. The van der Waals surface area contributed by atoms with Crippen molar-refractivity contribution in [1.82, 2.24) is 15.0 Å². The van der Waals surface area contributed by atoms with Gasteiger partial charge in [0, 0.05) is 31.5 Å². The number of hydrazine groups is 1. The topological polar surface area (TPSA) is 95.0 Å². The minimum atomic E-state index is -1.59. The minimum absolute atomic E-state index is 0.0384. The Bertz CT molecular complexity index is 964. The van der Waals surface area contributed by atoms with Gasteiger partial charge in [-0.15, -0.1) is 0 Å². The lowest BCUT2D eigenvalue weighted by Crippen LogP contribution is -2.16. The van der Waals surface area contributed by atoms with Gasteiger partial charge in [0.2, 0.25) is 5.95 Å². The van der Waals surface area contributed by atoms with E-state index in [4.69, 9.17) is 5.11 Å². The maximum Gasteiger partial charge on any atom is 0.225 e. The van der Waals surface area contributed by atoms with Crippen molar-refractivity contribution in [2.45, 2.75) is 6.42 Å². The number of rotatable bonds is 8. The molecule has 0 radical (unpaired) electrons. The fraction of sp³-hybridized carbons (Fsp3) is 0.167. The van der Waals surface area contributed by atoms with Crippen LogP contribution in [0.3, 0.4) is 0 Å². The van der Waals surface area contributed by atoms with Crippen LogP contribution in [0.15, 0.2) is 36.5 Å². The highest BCUT2D eigenvalue weighted by molar-refractivity contribution is 5.62. The molecule has 11 heteroatoms. The summed E-state index contributed by atoms with van der Waals surface area (Å²) in [5.41, 5.74) is 4.34. The van der Waals surface area contributed by atoms with E-state index in [1.165, 1.54) is 6.07 Å². The third-order valence-electron chi connectivity index (χ3n) is 3.70. The quantitative estimate of drug-likeness (QED) is 0.197. The summed E-state index contributed by atoms with van der Waals surface area (Å²) < 4.78 is 54.3. The summed E-state index contributed by atoms with van der Waals surface area (Å²) in [5, 5.41) is 11.8. The van der Waals surface area contributed by atoms with Crippen LogP contribution < -0.4 is 16.2 Å². The molecule has 0 aliphatic carbocycles. The zero-order valence-corrected chi connectivity index (χ0v) is 14.9. The SMILES string of the molecule is OCCCNc1nc(NNc2c(F)c(F)cc(F)c2F)cc(-c2ccccn2)n1. The van der Waals surface area contributed by atoms with Gasteiger partial charge in [-0.1, -0.05) is 6.07 Å². The van der Waals surface area contributed by atoms with Crippen LogP contribution in [0.1, 0.15) is 6.42 Å². The van der Waals surface area contributed by atoms with Crippen LogP contribution in [-0.4, -0.2) is 33.2 Å². The molecule has 0 spiro atoms. The largest absolute Gasteiger partial charge is 0.396 e. The van der Waals surface area contributed by atoms with E-state index in [0.29, 0.717) is 24.4 Å². The maximum atomic E-state index is 13.8. The first-order valence-electron chi connectivity index (χ1n) is 8.50. The van der Waals surface area contributed by atoms with Crippen LogP contribution in [-0.2, 0) is 0 Å². The fourth-order valence-corrected chi connectivity index (χ4v) is 2.32. The standard InChI is InChI=1S/C18H16F4N6O/c19-10-8-11(20)16(22)17(15(10)21)28-27-14-9-13(12-4-1-2-5-23-12)25-18(26-14)24-6-3-7-29/h1-2,4-5,8-9,28-29H,3,6-7H2,(H2,24,25,26,27). The van der Waals surface area contributed by atoms with Gasteiger partial charge in [0.15, 0.2) is 29.1 Å². The van der Waals surface area contributed by atoms with Gasteiger partial charge in [0.25, 0.3) is 0 Å². The first kappa shape index (κ1) is 20.3. The Morgan fingerprint density at radius 3 is 2.31 bits per heavy atom. The third-order valence-corrected chi connectivity index (χ3v) is 3.70. The highest BCUT2D eigenvalue weighted by Crippen LogP contribution is 2.25. The molecule has 0 aliphatic rings. The molecule has 3 rings (SSSR count). The van der Waals surface area contributed by atoms with Crippen LogP contribution in [0.5, 0.6) is 0 Å². The lowest BCUT2D eigenvalue weighted by Gasteiger charge is -2.14. The molecule has 152 valence electrons. The van der Waals surface area contributed by atoms with Gasteiger partial charge < -0.3 is 10.4 Å². The summed E-state index contributed by atoms with van der Waals surface area (Å²) in [6.07, 6.45) is 2.00. The van der Waals surface area contributed by atoms with E-state index in [-0.39, 0.29) is 24.4 Å². The summed E-state index contributed by atoms with van der Waals surface area (Å²) in [4.78, 5) is 12.6. The van der Waals surface area contributed by atoms with Crippen LogP contribution in [0.25, 0.3) is 11.4 Å². The van der Waals surface area contributed by atoms with Crippen LogP contribution in [0, 0.1) is 23.3 Å². The van der Waals surface area contributed by atoms with E-state index in [9.17, 15) is 17.6 Å². The Hall–Kier alpha value is -3.47. The summed E-state index contributed by atoms with van der Waals surface area (Å²) in [7, 11) is 0. The molecule has 4 N–H and O–H groups in total. The first-order valence-corrected chi connectivity index (χ1v) is 8.50. The van der Waals surface area contributed by atoms with E-state index >= 15 is 0 Å². The number of benzene rings is 1. The molecule has 0 aliphatic heterocycles. The molecule has 0 saturated carbocycles. The predicted molar refractivity (Wildman–Crippen MR) is 99.0 cm³/mol. The molecule has 29 heavy (non-hydrogen) atoms. The molecular weight excluding hydrogens is 392 g/mol. The lowest BCUT2D eigenvalue weighted by atomic mass is 10.2. The normalized spacial score (nSPS) is 10.7. The van der Waals surface area contributed by atoms with Gasteiger partial charge in [-0.25, -0.2) is 22.5 Å². The Balaban J connectivity index is 1.89. The molecule has 2 aromatic heterocycles. The number of nitrogens with zero attached hydrogens (tertiary/aromatic N) is 3. The highest BCUT2D eigenvalue weighted by atomic mass is 19.2. The lowest BCUT2D eigenvalue weighted by molar-refractivity contribution is 0.292. The predicted octanol–water partition coefficient (Wildman–Crippen LogP) is 3.33. The molecule has 0 atom stereocenters. The summed E-state index contributed by atoms with van der Waals surface area (Å²) in [5.74, 6) is -6.06. The fourth-order valence-electron chi connectivity index (χ4n) is 2.32. The average molecular weight is 408 g/mol. The Morgan fingerprint density at radius 1 is 0.897 bits per heavy atom. The van der Waals surface area contributed by atoms with Gasteiger partial charge in [0.05, 0.1) is 11.4 Å². The maximum absolute atomic E-state index is 13.8. The van der Waals surface area contributed by atoms with Crippen molar-refractivity contribution in [1.29, 1.82) is 0 Å². The molecule has 1 aromatic carbocycles. The van der Waals surface area contributed by atoms with Gasteiger partial charge in [-0.3, -0.25) is 15.8 Å². The van der Waals surface area contributed by atoms with Crippen LogP contribution in [0.2, 0.25) is 0 Å². The second-order valence-corrected chi connectivity index (χ2v) is 5.77. The van der Waals surface area contributed by atoms with Crippen molar-refractivity contribution in [3.05, 3.63) is 59.8 Å². The smallest absolute Gasteiger partial charge is 0.225 e. The van der Waals surface area contributed by atoms with E-state index in [2.05, 4.69) is 31.1 Å². The Morgan fingerprint density at radius 2 is 1.66 bits per heavy atom. The van der Waals surface area contributed by atoms with E-state index < -0.39 is 29.0 Å². The molecular formula is C18H16F4N6O. The van der Waals surface area contributed by atoms with Gasteiger partial charge >= 0.3 is 0 Å². The number of hydrogen-bond donors (Lipinski definition) is 4. The Kier molecular flexibility index (Phi) is 6.39. The molecule has 0 bridgehead atoms. The van der Waals surface area contributed by atoms with Crippen molar-refractivity contribution in [2.24, 2.45) is 0 Å². The van der Waals surface area contributed by atoms with Crippen molar-refractivity contribution >= 4 is 17.5 Å². The number of aliphatic hydroxyl groups is 1. The highest BCUT2D eigenvalue weighted by Gasteiger charge is 2.19. The second kappa shape index (κ2) is 9.15. The zero-order chi connectivity index (χ0) is 20.8. The van der Waals surface area contributed by atoms with Gasteiger partial charge in [-0.2, -0.15) is 4.98 Å². The second-order valence-electron chi connectivity index (χ2n) is 5.77. The van der Waals surface area contributed by atoms with Crippen LogP contribution >= 0.6 is 0 Å². The number of pyridine rings is 1. The Labute approximate surface area is 162 Å². The number of hydrogen-bond acceptors (Lipinski definition) is 7. The van der Waals surface area contributed by atoms with E-state index in [1.807, 2.05) is 0 Å².